The number of hydrogen-bond donors (Lipinski definition) is 1. The average molecular weight is 415 g/mol. The van der Waals surface area contributed by atoms with Crippen molar-refractivity contribution in [2.75, 3.05) is 0 Å². The van der Waals surface area contributed by atoms with Crippen LogP contribution in [0.5, 0.6) is 0 Å². The zero-order chi connectivity index (χ0) is 21.7. The van der Waals surface area contributed by atoms with Gasteiger partial charge in [-0.1, -0.05) is 65.5 Å². The predicted octanol–water partition coefficient (Wildman–Crippen LogP) is 7.73. The molecule has 2 heteroatoms. The maximum atomic E-state index is 11.6. The van der Waals surface area contributed by atoms with Crippen molar-refractivity contribution < 1.29 is 9.90 Å². The number of carboxylic acid groups (broad SMARTS) is 1. The maximum Gasteiger partial charge on any atom is 0.310 e. The van der Waals surface area contributed by atoms with Crippen LogP contribution in [0.1, 0.15) is 105 Å². The molecule has 3 saturated carbocycles. The minimum Gasteiger partial charge on any atom is -0.481 e. The first-order chi connectivity index (χ1) is 14.2. The molecule has 4 aliphatic carbocycles. The summed E-state index contributed by atoms with van der Waals surface area (Å²) < 4.78 is 0. The van der Waals surface area contributed by atoms with E-state index in [1.165, 1.54) is 56.9 Å². The van der Waals surface area contributed by atoms with Gasteiger partial charge in [0, 0.05) is 0 Å². The molecule has 0 heterocycles. The van der Waals surface area contributed by atoms with E-state index >= 15 is 0 Å². The lowest BCUT2D eigenvalue weighted by Crippen LogP contribution is -2.51. The van der Waals surface area contributed by atoms with Gasteiger partial charge in [0.05, 0.1) is 5.92 Å². The molecular formula is C28H46O2. The molecule has 3 fully saturated rings. The molecule has 1 N–H and O–H groups in total. The van der Waals surface area contributed by atoms with Gasteiger partial charge in [0.15, 0.2) is 0 Å². The van der Waals surface area contributed by atoms with Crippen molar-refractivity contribution in [2.24, 2.45) is 52.3 Å². The first-order valence-electron chi connectivity index (χ1n) is 13.1. The minimum atomic E-state index is -0.618. The third-order valence-electron chi connectivity index (χ3n) is 10.6. The zero-order valence-corrected chi connectivity index (χ0v) is 20.3. The molecule has 0 saturated heterocycles. The van der Waals surface area contributed by atoms with E-state index in [1.54, 1.807) is 0 Å². The highest BCUT2D eigenvalue weighted by Gasteiger charge is 2.59. The van der Waals surface area contributed by atoms with Crippen LogP contribution in [0.15, 0.2) is 11.6 Å². The van der Waals surface area contributed by atoms with Gasteiger partial charge in [-0.15, -0.1) is 0 Å². The minimum absolute atomic E-state index is 0.235. The van der Waals surface area contributed by atoms with Crippen molar-refractivity contribution >= 4 is 5.97 Å². The van der Waals surface area contributed by atoms with Gasteiger partial charge in [0.1, 0.15) is 0 Å². The van der Waals surface area contributed by atoms with Crippen LogP contribution in [-0.2, 0) is 4.79 Å². The largest absolute Gasteiger partial charge is 0.481 e. The van der Waals surface area contributed by atoms with Gasteiger partial charge in [-0.2, -0.15) is 0 Å². The van der Waals surface area contributed by atoms with Gasteiger partial charge in [0.2, 0.25) is 0 Å². The van der Waals surface area contributed by atoms with Crippen molar-refractivity contribution in [3.63, 3.8) is 0 Å². The van der Waals surface area contributed by atoms with E-state index in [0.717, 1.165) is 54.8 Å². The molecule has 4 aliphatic rings. The molecule has 0 radical (unpaired) electrons. The van der Waals surface area contributed by atoms with E-state index in [-0.39, 0.29) is 11.3 Å². The summed E-state index contributed by atoms with van der Waals surface area (Å²) in [4.78, 5) is 11.6. The average Bonchev–Trinajstić information content (AvgIpc) is 3.04. The maximum absolute atomic E-state index is 11.6. The fraction of sp³-hybridized carbons (Fsp3) is 0.893. The molecule has 0 aromatic carbocycles. The highest BCUT2D eigenvalue weighted by Crippen LogP contribution is 2.68. The highest BCUT2D eigenvalue weighted by atomic mass is 16.4. The molecule has 0 aromatic heterocycles. The second kappa shape index (κ2) is 8.28. The molecule has 0 bridgehead atoms. The first-order valence-corrected chi connectivity index (χ1v) is 13.1. The van der Waals surface area contributed by atoms with Gasteiger partial charge in [-0.25, -0.2) is 0 Å². The highest BCUT2D eigenvalue weighted by molar-refractivity contribution is 5.72. The van der Waals surface area contributed by atoms with Crippen molar-refractivity contribution in [2.45, 2.75) is 105 Å². The molecule has 0 aliphatic heterocycles. The van der Waals surface area contributed by atoms with Gasteiger partial charge >= 0.3 is 5.97 Å². The Kier molecular flexibility index (Phi) is 6.19. The van der Waals surface area contributed by atoms with Crippen LogP contribution in [0.25, 0.3) is 0 Å². The van der Waals surface area contributed by atoms with Crippen LogP contribution < -0.4 is 0 Å². The lowest BCUT2D eigenvalue weighted by Gasteiger charge is -2.59. The molecule has 2 nitrogen and oxygen atoms in total. The molecule has 8 atom stereocenters. The van der Waals surface area contributed by atoms with Crippen LogP contribution in [0.2, 0.25) is 0 Å². The van der Waals surface area contributed by atoms with E-state index in [1.807, 2.05) is 0 Å². The third kappa shape index (κ3) is 3.69. The van der Waals surface area contributed by atoms with Crippen LogP contribution in [-0.4, -0.2) is 11.1 Å². The van der Waals surface area contributed by atoms with Gasteiger partial charge in [-0.05, 0) is 97.7 Å². The summed E-state index contributed by atoms with van der Waals surface area (Å²) >= 11 is 0. The number of fused-ring (bicyclic) bond motifs is 5. The Morgan fingerprint density at radius 2 is 1.80 bits per heavy atom. The van der Waals surface area contributed by atoms with E-state index in [2.05, 4.69) is 40.7 Å². The quantitative estimate of drug-likeness (QED) is 0.451. The van der Waals surface area contributed by atoms with Gasteiger partial charge in [-0.3, -0.25) is 4.79 Å². The second-order valence-electron chi connectivity index (χ2n) is 12.5. The Bertz CT molecular complexity index is 678. The molecule has 0 spiro atoms. The second-order valence-corrected chi connectivity index (χ2v) is 12.5. The monoisotopic (exact) mass is 414 g/mol. The lowest BCUT2D eigenvalue weighted by atomic mass is 9.46. The zero-order valence-electron chi connectivity index (χ0n) is 20.3. The Labute approximate surface area is 185 Å². The molecule has 30 heavy (non-hydrogen) atoms. The molecule has 0 aromatic rings. The summed E-state index contributed by atoms with van der Waals surface area (Å²) in [5.41, 5.74) is 2.33. The van der Waals surface area contributed by atoms with Crippen LogP contribution >= 0.6 is 0 Å². The van der Waals surface area contributed by atoms with Crippen molar-refractivity contribution in [1.82, 2.24) is 0 Å². The SMILES string of the molecule is CC(C)CCC[C@@H](C)[C@H]1CC[C@H]2[C@@H]3CCC4=C[C@@H](C(=O)O)CC[C@]4(C)[C@H]3CC[C@]12C. The lowest BCUT2D eigenvalue weighted by molar-refractivity contribution is -0.141. The van der Waals surface area contributed by atoms with Crippen LogP contribution in [0.3, 0.4) is 0 Å². The standard InChI is InChI=1S/C28H46O2/c1-18(2)7-6-8-19(3)23-11-12-24-22-10-9-21-17-20(26(29)30)13-15-27(21,4)25(22)14-16-28(23,24)5/h17-20,22-25H,6-16H2,1-5H3,(H,29,30)/t19-,20+,22+,23-,24+,25+,27+,28-/m1/s1. The van der Waals surface area contributed by atoms with Gasteiger partial charge < -0.3 is 5.11 Å². The van der Waals surface area contributed by atoms with E-state index in [9.17, 15) is 9.90 Å². The van der Waals surface area contributed by atoms with Crippen LogP contribution in [0.4, 0.5) is 0 Å². The number of rotatable bonds is 6. The Hall–Kier alpha value is -0.790. The Morgan fingerprint density at radius 3 is 2.50 bits per heavy atom. The number of hydrogen-bond acceptors (Lipinski definition) is 1. The van der Waals surface area contributed by atoms with Gasteiger partial charge in [0.25, 0.3) is 0 Å². The summed E-state index contributed by atoms with van der Waals surface area (Å²) in [5.74, 6) is 4.35. The summed E-state index contributed by atoms with van der Waals surface area (Å²) in [7, 11) is 0. The van der Waals surface area contributed by atoms with Crippen LogP contribution in [0, 0.1) is 52.3 Å². The van der Waals surface area contributed by atoms with E-state index in [4.69, 9.17) is 0 Å². The van der Waals surface area contributed by atoms with E-state index < -0.39 is 5.97 Å². The summed E-state index contributed by atoms with van der Waals surface area (Å²) in [6.45, 7) is 12.4. The summed E-state index contributed by atoms with van der Waals surface area (Å²) in [6, 6.07) is 0. The van der Waals surface area contributed by atoms with E-state index in [0.29, 0.717) is 5.41 Å². The number of carboxylic acids is 1. The van der Waals surface area contributed by atoms with Crippen molar-refractivity contribution in [3.8, 4) is 0 Å². The van der Waals surface area contributed by atoms with Crippen molar-refractivity contribution in [1.29, 1.82) is 0 Å². The first kappa shape index (κ1) is 22.4. The Balaban J connectivity index is 1.49. The number of aliphatic carboxylic acids is 1. The number of carbonyl (C=O) groups is 1. The number of allylic oxidation sites excluding steroid dienone is 1. The topological polar surface area (TPSA) is 37.3 Å². The molecule has 0 amide bonds. The summed E-state index contributed by atoms with van der Waals surface area (Å²) in [5, 5.41) is 9.53. The molecule has 0 unspecified atom stereocenters. The molecule has 170 valence electrons. The van der Waals surface area contributed by atoms with Crippen molar-refractivity contribution in [3.05, 3.63) is 11.6 Å². The summed E-state index contributed by atoms with van der Waals surface area (Å²) in [6.07, 6.45) is 16.5. The molecule has 4 rings (SSSR count). The third-order valence-corrected chi connectivity index (χ3v) is 10.6. The normalized spacial score (nSPS) is 44.1. The molecular weight excluding hydrogens is 368 g/mol. The predicted molar refractivity (Wildman–Crippen MR) is 124 cm³/mol. The fourth-order valence-corrected chi connectivity index (χ4v) is 8.95. The smallest absolute Gasteiger partial charge is 0.310 e. The fourth-order valence-electron chi connectivity index (χ4n) is 8.95. The Morgan fingerprint density at radius 1 is 1.03 bits per heavy atom.